The molecule has 186 valence electrons. The topological polar surface area (TPSA) is 108 Å². The quantitative estimate of drug-likeness (QED) is 0.589. The molecule has 1 aliphatic heterocycles. The normalized spacial score (nSPS) is 13.4. The molecule has 12 heteroatoms. The fraction of sp³-hybridized carbons (Fsp3) is 0.304. The van der Waals surface area contributed by atoms with Crippen LogP contribution in [-0.2, 0) is 14.4 Å². The predicted octanol–water partition coefficient (Wildman–Crippen LogP) is 2.54. The van der Waals surface area contributed by atoms with Crippen LogP contribution < -0.4 is 20.3 Å². The van der Waals surface area contributed by atoms with Crippen LogP contribution in [0.3, 0.4) is 0 Å². The average Bonchev–Trinajstić information content (AvgIpc) is 3.23. The summed E-state index contributed by atoms with van der Waals surface area (Å²) >= 11 is 0. The van der Waals surface area contributed by atoms with Gasteiger partial charge in [-0.2, -0.15) is 0 Å². The molecule has 0 unspecified atom stereocenters. The zero-order valence-electron chi connectivity index (χ0n) is 18.7. The largest absolute Gasteiger partial charge is 0.573 e. The first-order valence-corrected chi connectivity index (χ1v) is 10.6. The third-order valence-corrected chi connectivity index (χ3v) is 5.09. The molecule has 1 heterocycles. The fourth-order valence-corrected chi connectivity index (χ4v) is 3.35. The molecule has 2 aromatic rings. The van der Waals surface area contributed by atoms with E-state index in [0.717, 1.165) is 23.5 Å². The van der Waals surface area contributed by atoms with Gasteiger partial charge < -0.3 is 25.2 Å². The molecule has 4 amide bonds. The van der Waals surface area contributed by atoms with Gasteiger partial charge in [0.15, 0.2) is 0 Å². The van der Waals surface area contributed by atoms with E-state index in [1.165, 1.54) is 19.2 Å². The van der Waals surface area contributed by atoms with Crippen LogP contribution in [0.1, 0.15) is 23.2 Å². The maximum absolute atomic E-state index is 12.3. The van der Waals surface area contributed by atoms with E-state index in [1.54, 1.807) is 29.2 Å². The van der Waals surface area contributed by atoms with Gasteiger partial charge in [-0.15, -0.1) is 13.2 Å². The standard InChI is InChI=1S/C23H23F3N4O5/c1-29(14-19(31)28-16-6-10-18(11-7-16)35-23(24,25)26)21(33)13-27-22(34)15-4-8-17(9-5-15)30-12-2-3-20(30)32/h4-11H,2-3,12-14H2,1H3,(H,27,34)(H,28,31). The fourth-order valence-electron chi connectivity index (χ4n) is 3.35. The van der Waals surface area contributed by atoms with Crippen LogP contribution in [0, 0.1) is 0 Å². The summed E-state index contributed by atoms with van der Waals surface area (Å²) in [6, 6.07) is 11.0. The van der Waals surface area contributed by atoms with Gasteiger partial charge in [0.1, 0.15) is 5.75 Å². The van der Waals surface area contributed by atoms with E-state index in [4.69, 9.17) is 0 Å². The summed E-state index contributed by atoms with van der Waals surface area (Å²) in [6.45, 7) is -0.0525. The Labute approximate surface area is 198 Å². The van der Waals surface area contributed by atoms with Crippen molar-refractivity contribution in [3.8, 4) is 5.75 Å². The molecule has 2 N–H and O–H groups in total. The van der Waals surface area contributed by atoms with E-state index in [2.05, 4.69) is 15.4 Å². The monoisotopic (exact) mass is 492 g/mol. The number of halogens is 3. The number of carbonyl (C=O) groups is 4. The zero-order valence-corrected chi connectivity index (χ0v) is 18.7. The molecular formula is C23H23F3N4O5. The highest BCUT2D eigenvalue weighted by atomic mass is 19.4. The highest BCUT2D eigenvalue weighted by molar-refractivity contribution is 5.99. The second kappa shape index (κ2) is 10.9. The number of nitrogens with zero attached hydrogens (tertiary/aromatic N) is 2. The van der Waals surface area contributed by atoms with Gasteiger partial charge >= 0.3 is 6.36 Å². The average molecular weight is 492 g/mol. The lowest BCUT2D eigenvalue weighted by Gasteiger charge is -2.18. The van der Waals surface area contributed by atoms with Crippen LogP contribution in [0.2, 0.25) is 0 Å². The second-order valence-electron chi connectivity index (χ2n) is 7.75. The van der Waals surface area contributed by atoms with Gasteiger partial charge in [-0.05, 0) is 55.0 Å². The smallest absolute Gasteiger partial charge is 0.406 e. The molecule has 0 radical (unpaired) electrons. The van der Waals surface area contributed by atoms with Crippen LogP contribution in [0.4, 0.5) is 24.5 Å². The van der Waals surface area contributed by atoms with E-state index in [0.29, 0.717) is 24.2 Å². The first kappa shape index (κ1) is 25.5. The summed E-state index contributed by atoms with van der Waals surface area (Å²) in [4.78, 5) is 51.3. The van der Waals surface area contributed by atoms with E-state index < -0.39 is 29.8 Å². The molecule has 0 spiro atoms. The van der Waals surface area contributed by atoms with E-state index >= 15 is 0 Å². The Balaban J connectivity index is 1.43. The van der Waals surface area contributed by atoms with Crippen LogP contribution >= 0.6 is 0 Å². The lowest BCUT2D eigenvalue weighted by Crippen LogP contribution is -2.41. The van der Waals surface area contributed by atoms with Gasteiger partial charge in [-0.25, -0.2) is 0 Å². The number of likely N-dealkylation sites (N-methyl/N-ethyl adjacent to an activating group) is 1. The molecular weight excluding hydrogens is 469 g/mol. The van der Waals surface area contributed by atoms with Crippen molar-refractivity contribution in [1.82, 2.24) is 10.2 Å². The lowest BCUT2D eigenvalue weighted by molar-refractivity contribution is -0.274. The minimum Gasteiger partial charge on any atom is -0.406 e. The number of amides is 4. The Morgan fingerprint density at radius 1 is 1.06 bits per heavy atom. The second-order valence-corrected chi connectivity index (χ2v) is 7.75. The van der Waals surface area contributed by atoms with Crippen molar-refractivity contribution in [3.05, 3.63) is 54.1 Å². The predicted molar refractivity (Wildman–Crippen MR) is 120 cm³/mol. The first-order chi connectivity index (χ1) is 16.5. The number of rotatable bonds is 8. The summed E-state index contributed by atoms with van der Waals surface area (Å²) in [5.74, 6) is -1.99. The molecule has 9 nitrogen and oxygen atoms in total. The van der Waals surface area contributed by atoms with Crippen molar-refractivity contribution in [2.45, 2.75) is 19.2 Å². The van der Waals surface area contributed by atoms with Crippen molar-refractivity contribution >= 4 is 35.0 Å². The SMILES string of the molecule is CN(CC(=O)Nc1ccc(OC(F)(F)F)cc1)C(=O)CNC(=O)c1ccc(N2CCCC2=O)cc1. The van der Waals surface area contributed by atoms with Gasteiger partial charge in [0.25, 0.3) is 5.91 Å². The van der Waals surface area contributed by atoms with Gasteiger partial charge in [-0.3, -0.25) is 19.2 Å². The van der Waals surface area contributed by atoms with E-state index in [-0.39, 0.29) is 24.7 Å². The number of ether oxygens (including phenoxy) is 1. The molecule has 0 aliphatic carbocycles. The summed E-state index contributed by atoms with van der Waals surface area (Å²) in [7, 11) is 1.37. The van der Waals surface area contributed by atoms with Gasteiger partial charge in [0, 0.05) is 37.0 Å². The summed E-state index contributed by atoms with van der Waals surface area (Å²) in [6.07, 6.45) is -3.53. The van der Waals surface area contributed by atoms with E-state index in [1.807, 2.05) is 0 Å². The Morgan fingerprint density at radius 3 is 2.29 bits per heavy atom. The number of hydrogen-bond acceptors (Lipinski definition) is 5. The van der Waals surface area contributed by atoms with Gasteiger partial charge in [0.2, 0.25) is 17.7 Å². The minimum atomic E-state index is -4.82. The maximum Gasteiger partial charge on any atom is 0.573 e. The molecule has 1 fully saturated rings. The Kier molecular flexibility index (Phi) is 7.94. The van der Waals surface area contributed by atoms with Crippen LogP contribution in [0.25, 0.3) is 0 Å². The van der Waals surface area contributed by atoms with Crippen molar-refractivity contribution in [3.63, 3.8) is 0 Å². The number of benzene rings is 2. The number of carbonyl (C=O) groups excluding carboxylic acids is 4. The summed E-state index contributed by atoms with van der Waals surface area (Å²) in [5, 5.41) is 4.93. The first-order valence-electron chi connectivity index (χ1n) is 10.6. The molecule has 1 saturated heterocycles. The third-order valence-electron chi connectivity index (χ3n) is 5.09. The van der Waals surface area contributed by atoms with Crippen molar-refractivity contribution < 1.29 is 37.1 Å². The Bertz CT molecular complexity index is 1090. The molecule has 0 atom stereocenters. The molecule has 3 rings (SSSR count). The summed E-state index contributed by atoms with van der Waals surface area (Å²) < 4.78 is 40.3. The van der Waals surface area contributed by atoms with Crippen LogP contribution in [0.5, 0.6) is 5.75 Å². The number of alkyl halides is 3. The Morgan fingerprint density at radius 2 is 1.71 bits per heavy atom. The minimum absolute atomic E-state index is 0.0346. The van der Waals surface area contributed by atoms with Crippen molar-refractivity contribution in [1.29, 1.82) is 0 Å². The maximum atomic E-state index is 12.3. The molecule has 2 aromatic carbocycles. The number of hydrogen-bond donors (Lipinski definition) is 2. The molecule has 0 bridgehead atoms. The molecule has 0 aromatic heterocycles. The molecule has 1 aliphatic rings. The van der Waals surface area contributed by atoms with Crippen LogP contribution in [0.15, 0.2) is 48.5 Å². The third kappa shape index (κ3) is 7.45. The molecule has 35 heavy (non-hydrogen) atoms. The van der Waals surface area contributed by atoms with Crippen LogP contribution in [-0.4, -0.2) is 61.6 Å². The lowest BCUT2D eigenvalue weighted by atomic mass is 10.2. The van der Waals surface area contributed by atoms with Crippen molar-refractivity contribution in [2.75, 3.05) is 36.9 Å². The Hall–Kier alpha value is -4.09. The highest BCUT2D eigenvalue weighted by Gasteiger charge is 2.31. The number of nitrogens with one attached hydrogen (secondary N) is 2. The van der Waals surface area contributed by atoms with Gasteiger partial charge in [-0.1, -0.05) is 0 Å². The van der Waals surface area contributed by atoms with E-state index in [9.17, 15) is 32.3 Å². The van der Waals surface area contributed by atoms with Gasteiger partial charge in [0.05, 0.1) is 13.1 Å². The van der Waals surface area contributed by atoms with Crippen molar-refractivity contribution in [2.24, 2.45) is 0 Å². The number of anilines is 2. The zero-order chi connectivity index (χ0) is 25.6. The molecule has 0 saturated carbocycles. The highest BCUT2D eigenvalue weighted by Crippen LogP contribution is 2.24. The summed E-state index contributed by atoms with van der Waals surface area (Å²) in [5.41, 5.74) is 1.23.